The summed E-state index contributed by atoms with van der Waals surface area (Å²) >= 11 is 1.43. The van der Waals surface area contributed by atoms with E-state index in [1.165, 1.54) is 23.5 Å². The zero-order chi connectivity index (χ0) is 14.7. The van der Waals surface area contributed by atoms with E-state index in [1.54, 1.807) is 0 Å². The number of methoxy groups -OCH3 is 1. The fourth-order valence-corrected chi connectivity index (χ4v) is 2.32. The molecule has 0 saturated carbocycles. The minimum absolute atomic E-state index is 0.0250. The van der Waals surface area contributed by atoms with Crippen molar-refractivity contribution in [3.63, 3.8) is 0 Å². The Hall–Kier alpha value is -2.02. The van der Waals surface area contributed by atoms with Gasteiger partial charge in [0.15, 0.2) is 11.6 Å². The summed E-state index contributed by atoms with van der Waals surface area (Å²) in [7, 11) is 1.11. The van der Waals surface area contributed by atoms with Gasteiger partial charge in [0, 0.05) is 11.1 Å². The van der Waals surface area contributed by atoms with Crippen molar-refractivity contribution in [3.05, 3.63) is 45.4 Å². The minimum atomic E-state index is -1.22. The Bertz CT molecular complexity index is 643. The van der Waals surface area contributed by atoms with Gasteiger partial charge in [-0.05, 0) is 19.1 Å². The lowest BCUT2D eigenvalue weighted by Crippen LogP contribution is -2.09. The summed E-state index contributed by atoms with van der Waals surface area (Å²) in [6, 6.07) is 2.48. The number of carbonyl (C=O) groups is 1. The molecule has 0 spiro atoms. The zero-order valence-electron chi connectivity index (χ0n) is 10.9. The van der Waals surface area contributed by atoms with E-state index in [2.05, 4.69) is 15.0 Å². The molecule has 4 nitrogen and oxygen atoms in total. The summed E-state index contributed by atoms with van der Waals surface area (Å²) < 4.78 is 31.9. The van der Waals surface area contributed by atoms with Gasteiger partial charge in [-0.2, -0.15) is 0 Å². The lowest BCUT2D eigenvalue weighted by atomic mass is 10.2. The summed E-state index contributed by atoms with van der Waals surface area (Å²) in [4.78, 5) is 15.4. The quantitative estimate of drug-likeness (QED) is 0.881. The third-order valence-corrected chi connectivity index (χ3v) is 3.55. The molecule has 0 fully saturated rings. The number of carbonyl (C=O) groups excluding carboxylic acids is 1. The predicted molar refractivity (Wildman–Crippen MR) is 71.9 cm³/mol. The van der Waals surface area contributed by atoms with Gasteiger partial charge in [0.2, 0.25) is 0 Å². The average Bonchev–Trinajstić information content (AvgIpc) is 2.85. The Morgan fingerprint density at radius 3 is 2.75 bits per heavy atom. The number of ether oxygens (including phenoxy) is 1. The second-order valence-electron chi connectivity index (χ2n) is 4.02. The van der Waals surface area contributed by atoms with Crippen molar-refractivity contribution in [2.45, 2.75) is 13.5 Å². The highest BCUT2D eigenvalue weighted by Gasteiger charge is 2.19. The maximum Gasteiger partial charge on any atom is 0.340 e. The topological polar surface area (TPSA) is 51.2 Å². The first-order valence-corrected chi connectivity index (χ1v) is 6.62. The van der Waals surface area contributed by atoms with Gasteiger partial charge in [-0.15, -0.1) is 11.3 Å². The zero-order valence-corrected chi connectivity index (χ0v) is 11.7. The standard InChI is InChI=1S/C13H12F2N2O2S/c1-7-6-20-10(17-7)5-16-9-4-3-8(13(18)19-2)11(14)12(9)15/h3-4,6,16H,5H2,1-2H3. The number of rotatable bonds is 4. The van der Waals surface area contributed by atoms with E-state index < -0.39 is 23.2 Å². The number of benzene rings is 1. The molecule has 0 radical (unpaired) electrons. The highest BCUT2D eigenvalue weighted by molar-refractivity contribution is 7.09. The molecule has 0 aliphatic rings. The molecule has 106 valence electrons. The van der Waals surface area contributed by atoms with Crippen molar-refractivity contribution in [1.29, 1.82) is 0 Å². The van der Waals surface area contributed by atoms with Gasteiger partial charge in [0.1, 0.15) is 5.01 Å². The van der Waals surface area contributed by atoms with E-state index >= 15 is 0 Å². The number of aryl methyl sites for hydroxylation is 1. The molecule has 20 heavy (non-hydrogen) atoms. The summed E-state index contributed by atoms with van der Waals surface area (Å²) in [5, 5.41) is 5.38. The fourth-order valence-electron chi connectivity index (χ4n) is 1.61. The fraction of sp³-hybridized carbons (Fsp3) is 0.231. The van der Waals surface area contributed by atoms with Crippen molar-refractivity contribution in [2.24, 2.45) is 0 Å². The second-order valence-corrected chi connectivity index (χ2v) is 4.96. The molecule has 0 unspecified atom stereocenters. The maximum atomic E-state index is 13.8. The number of aromatic nitrogens is 1. The van der Waals surface area contributed by atoms with E-state index in [4.69, 9.17) is 0 Å². The van der Waals surface area contributed by atoms with Gasteiger partial charge in [-0.3, -0.25) is 0 Å². The van der Waals surface area contributed by atoms with E-state index in [0.717, 1.165) is 17.8 Å². The van der Waals surface area contributed by atoms with Crippen molar-refractivity contribution in [1.82, 2.24) is 4.98 Å². The minimum Gasteiger partial charge on any atom is -0.465 e. The number of nitrogens with one attached hydrogen (secondary N) is 1. The van der Waals surface area contributed by atoms with Gasteiger partial charge in [-0.1, -0.05) is 0 Å². The molecule has 0 aliphatic heterocycles. The van der Waals surface area contributed by atoms with E-state index in [-0.39, 0.29) is 12.2 Å². The number of halogens is 2. The van der Waals surface area contributed by atoms with Gasteiger partial charge in [-0.25, -0.2) is 18.6 Å². The first kappa shape index (κ1) is 14.4. The first-order valence-electron chi connectivity index (χ1n) is 5.74. The van der Waals surface area contributed by atoms with Gasteiger partial charge >= 0.3 is 5.97 Å². The molecule has 0 saturated heterocycles. The first-order chi connectivity index (χ1) is 9.52. The summed E-state index contributed by atoms with van der Waals surface area (Å²) in [6.07, 6.45) is 0. The lowest BCUT2D eigenvalue weighted by Gasteiger charge is -2.08. The third-order valence-electron chi connectivity index (χ3n) is 2.58. The largest absolute Gasteiger partial charge is 0.465 e. The number of thiazole rings is 1. The molecular formula is C13H12F2N2O2S. The van der Waals surface area contributed by atoms with Crippen LogP contribution in [0.5, 0.6) is 0 Å². The molecule has 1 aromatic heterocycles. The van der Waals surface area contributed by atoms with E-state index in [0.29, 0.717) is 0 Å². The van der Waals surface area contributed by atoms with Gasteiger partial charge < -0.3 is 10.1 Å². The van der Waals surface area contributed by atoms with Crippen LogP contribution in [0.25, 0.3) is 0 Å². The van der Waals surface area contributed by atoms with Crippen molar-refractivity contribution >= 4 is 23.0 Å². The highest BCUT2D eigenvalue weighted by atomic mass is 32.1. The highest BCUT2D eigenvalue weighted by Crippen LogP contribution is 2.22. The number of anilines is 1. The van der Waals surface area contributed by atoms with Gasteiger partial charge in [0.05, 0.1) is 24.9 Å². The van der Waals surface area contributed by atoms with E-state index in [9.17, 15) is 13.6 Å². The molecule has 0 bridgehead atoms. The van der Waals surface area contributed by atoms with Crippen molar-refractivity contribution in [2.75, 3.05) is 12.4 Å². The number of nitrogens with zero attached hydrogens (tertiary/aromatic N) is 1. The summed E-state index contributed by atoms with van der Waals surface area (Å²) in [5.41, 5.74) is 0.420. The molecule has 7 heteroatoms. The Balaban J connectivity index is 2.17. The van der Waals surface area contributed by atoms with Crippen LogP contribution in [0, 0.1) is 18.6 Å². The maximum absolute atomic E-state index is 13.8. The monoisotopic (exact) mass is 298 g/mol. The number of hydrogen-bond donors (Lipinski definition) is 1. The Kier molecular flexibility index (Phi) is 4.29. The molecule has 0 atom stereocenters. The Morgan fingerprint density at radius 2 is 2.15 bits per heavy atom. The Labute approximate surface area is 118 Å². The van der Waals surface area contributed by atoms with Gasteiger partial charge in [0.25, 0.3) is 0 Å². The summed E-state index contributed by atoms with van der Waals surface area (Å²) in [5.74, 6) is -3.25. The predicted octanol–water partition coefficient (Wildman–Crippen LogP) is 3.13. The Morgan fingerprint density at radius 1 is 1.40 bits per heavy atom. The van der Waals surface area contributed by atoms with Crippen LogP contribution in [-0.4, -0.2) is 18.1 Å². The van der Waals surface area contributed by atoms with Crippen LogP contribution in [-0.2, 0) is 11.3 Å². The third kappa shape index (κ3) is 2.93. The molecule has 0 aliphatic carbocycles. The smallest absolute Gasteiger partial charge is 0.340 e. The van der Waals surface area contributed by atoms with Crippen LogP contribution in [0.15, 0.2) is 17.5 Å². The van der Waals surface area contributed by atoms with Crippen LogP contribution in [0.1, 0.15) is 21.1 Å². The molecule has 0 amide bonds. The molecule has 1 heterocycles. The molecule has 1 N–H and O–H groups in total. The van der Waals surface area contributed by atoms with Crippen LogP contribution >= 0.6 is 11.3 Å². The molecule has 1 aromatic carbocycles. The number of hydrogen-bond acceptors (Lipinski definition) is 5. The molecule has 2 aromatic rings. The normalized spacial score (nSPS) is 10.4. The second kappa shape index (κ2) is 5.96. The average molecular weight is 298 g/mol. The molecular weight excluding hydrogens is 286 g/mol. The van der Waals surface area contributed by atoms with Crippen molar-refractivity contribution < 1.29 is 18.3 Å². The van der Waals surface area contributed by atoms with Crippen LogP contribution < -0.4 is 5.32 Å². The number of esters is 1. The molecule has 2 rings (SSSR count). The van der Waals surface area contributed by atoms with Crippen molar-refractivity contribution in [3.8, 4) is 0 Å². The van der Waals surface area contributed by atoms with Crippen LogP contribution in [0.2, 0.25) is 0 Å². The summed E-state index contributed by atoms with van der Waals surface area (Å²) in [6.45, 7) is 2.14. The van der Waals surface area contributed by atoms with E-state index in [1.807, 2.05) is 12.3 Å². The SMILES string of the molecule is COC(=O)c1ccc(NCc2nc(C)cs2)c(F)c1F. The van der Waals surface area contributed by atoms with Crippen LogP contribution in [0.3, 0.4) is 0 Å². The van der Waals surface area contributed by atoms with Crippen LogP contribution in [0.4, 0.5) is 14.5 Å². The lowest BCUT2D eigenvalue weighted by molar-refractivity contribution is 0.0594.